The van der Waals surface area contributed by atoms with Gasteiger partial charge in [0.15, 0.2) is 11.5 Å². The molecule has 3 heterocycles. The second-order valence-corrected chi connectivity index (χ2v) is 8.01. The molecule has 0 spiro atoms. The van der Waals surface area contributed by atoms with Crippen LogP contribution >= 0.6 is 0 Å². The van der Waals surface area contributed by atoms with E-state index in [0.29, 0.717) is 6.04 Å². The molecule has 0 radical (unpaired) electrons. The average Bonchev–Trinajstić information content (AvgIpc) is 3.47. The molecule has 6 rings (SSSR count). The van der Waals surface area contributed by atoms with Crippen LogP contribution in [0.1, 0.15) is 36.0 Å². The zero-order valence-corrected chi connectivity index (χ0v) is 16.3. The molecule has 3 aromatic heterocycles. The van der Waals surface area contributed by atoms with E-state index in [4.69, 9.17) is 4.98 Å². The predicted molar refractivity (Wildman–Crippen MR) is 113 cm³/mol. The maximum Gasteiger partial charge on any atom is 0.162 e. The number of fused-ring (bicyclic) bond motifs is 3. The van der Waals surface area contributed by atoms with Crippen LogP contribution in [0.4, 0.5) is 5.82 Å². The molecular weight excluding hydrogens is 360 g/mol. The molecule has 2 aliphatic carbocycles. The maximum absolute atomic E-state index is 4.77. The van der Waals surface area contributed by atoms with Gasteiger partial charge in [-0.15, -0.1) is 0 Å². The van der Waals surface area contributed by atoms with Gasteiger partial charge in [-0.25, -0.2) is 9.67 Å². The summed E-state index contributed by atoms with van der Waals surface area (Å²) in [5.74, 6) is 1.77. The van der Waals surface area contributed by atoms with E-state index in [1.54, 1.807) is 22.0 Å². The van der Waals surface area contributed by atoms with Crippen LogP contribution in [0.2, 0.25) is 0 Å². The van der Waals surface area contributed by atoms with Gasteiger partial charge in [-0.2, -0.15) is 14.7 Å². The summed E-state index contributed by atoms with van der Waals surface area (Å²) in [6.07, 6.45) is 10.0. The number of nitrogens with zero attached hydrogens (tertiary/aromatic N) is 5. The molecule has 1 atom stereocenters. The molecule has 29 heavy (non-hydrogen) atoms. The second-order valence-electron chi connectivity index (χ2n) is 8.01. The minimum atomic E-state index is 0.375. The molecule has 0 saturated heterocycles. The largest absolute Gasteiger partial charge is 0.367 e. The molecule has 0 bridgehead atoms. The lowest BCUT2D eigenvalue weighted by Crippen LogP contribution is -2.25. The molecule has 1 aromatic carbocycles. The van der Waals surface area contributed by atoms with Gasteiger partial charge in [-0.3, -0.25) is 0 Å². The first-order valence-corrected chi connectivity index (χ1v) is 10.2. The van der Waals surface area contributed by atoms with Crippen LogP contribution in [0.15, 0.2) is 60.6 Å². The average molecular weight is 382 g/mol. The van der Waals surface area contributed by atoms with E-state index in [2.05, 4.69) is 39.8 Å². The second kappa shape index (κ2) is 6.30. The number of allylic oxidation sites excluding steroid dienone is 1. The van der Waals surface area contributed by atoms with Crippen LogP contribution in [0.25, 0.3) is 17.0 Å². The summed E-state index contributed by atoms with van der Waals surface area (Å²) in [4.78, 5) is 4.77. The van der Waals surface area contributed by atoms with Gasteiger partial charge in [0.25, 0.3) is 0 Å². The molecular formula is C23H22N6. The summed E-state index contributed by atoms with van der Waals surface area (Å²) in [6, 6.07) is 13.2. The molecule has 2 aliphatic rings. The summed E-state index contributed by atoms with van der Waals surface area (Å²) < 4.78 is 3.71. The number of benzene rings is 1. The van der Waals surface area contributed by atoms with Crippen molar-refractivity contribution in [2.45, 2.75) is 38.6 Å². The summed E-state index contributed by atoms with van der Waals surface area (Å²) >= 11 is 0. The maximum atomic E-state index is 4.77. The summed E-state index contributed by atoms with van der Waals surface area (Å²) in [7, 11) is 0. The smallest absolute Gasteiger partial charge is 0.162 e. The number of hydrogen-bond acceptors (Lipinski definition) is 4. The Morgan fingerprint density at radius 1 is 1.14 bits per heavy atom. The fourth-order valence-corrected chi connectivity index (χ4v) is 4.70. The lowest BCUT2D eigenvalue weighted by molar-refractivity contribution is 0.629. The number of nitrogens with one attached hydrogen (secondary N) is 1. The molecule has 1 unspecified atom stereocenters. The van der Waals surface area contributed by atoms with Gasteiger partial charge in [0.05, 0.1) is 6.20 Å². The Hall–Kier alpha value is -3.41. The number of rotatable bonds is 3. The third-order valence-corrected chi connectivity index (χ3v) is 6.14. The Bertz CT molecular complexity index is 1250. The first kappa shape index (κ1) is 16.5. The Labute approximate surface area is 168 Å². The van der Waals surface area contributed by atoms with E-state index in [0.717, 1.165) is 48.5 Å². The van der Waals surface area contributed by atoms with Crippen molar-refractivity contribution in [3.63, 3.8) is 0 Å². The Morgan fingerprint density at radius 2 is 2.07 bits per heavy atom. The van der Waals surface area contributed by atoms with Crippen molar-refractivity contribution in [2.24, 2.45) is 0 Å². The molecule has 0 aliphatic heterocycles. The molecule has 4 aromatic rings. The zero-order valence-electron chi connectivity index (χ0n) is 16.3. The van der Waals surface area contributed by atoms with Gasteiger partial charge in [0.2, 0.25) is 0 Å². The third-order valence-electron chi connectivity index (χ3n) is 6.14. The Balaban J connectivity index is 1.35. The minimum Gasteiger partial charge on any atom is -0.367 e. The molecule has 0 fully saturated rings. The van der Waals surface area contributed by atoms with Crippen molar-refractivity contribution in [2.75, 3.05) is 5.32 Å². The van der Waals surface area contributed by atoms with E-state index in [9.17, 15) is 0 Å². The number of aromatic nitrogens is 5. The third kappa shape index (κ3) is 2.67. The highest BCUT2D eigenvalue weighted by Gasteiger charge is 2.28. The van der Waals surface area contributed by atoms with Crippen molar-refractivity contribution in [3.05, 3.63) is 77.3 Å². The van der Waals surface area contributed by atoms with E-state index in [-0.39, 0.29) is 0 Å². The van der Waals surface area contributed by atoms with Gasteiger partial charge in [0.1, 0.15) is 5.82 Å². The molecule has 0 saturated carbocycles. The first-order chi connectivity index (χ1) is 14.3. The first-order valence-electron chi connectivity index (χ1n) is 10.2. The summed E-state index contributed by atoms with van der Waals surface area (Å²) in [5.41, 5.74) is 8.01. The van der Waals surface area contributed by atoms with Crippen LogP contribution in [0.5, 0.6) is 0 Å². The van der Waals surface area contributed by atoms with Gasteiger partial charge < -0.3 is 5.32 Å². The molecule has 144 valence electrons. The normalized spacial score (nSPS) is 18.2. The van der Waals surface area contributed by atoms with Crippen LogP contribution in [-0.2, 0) is 6.42 Å². The van der Waals surface area contributed by atoms with Crippen LogP contribution in [-0.4, -0.2) is 30.4 Å². The molecule has 6 nitrogen and oxygen atoms in total. The van der Waals surface area contributed by atoms with Gasteiger partial charge >= 0.3 is 0 Å². The van der Waals surface area contributed by atoms with Crippen molar-refractivity contribution in [1.82, 2.24) is 24.4 Å². The molecule has 1 N–H and O–H groups in total. The van der Waals surface area contributed by atoms with Crippen molar-refractivity contribution >= 4 is 17.0 Å². The SMILES string of the molecule is Cc1cnn2c(NC3CCC4=C(C3)c3ccccc3C4)cc(-n3cccn3)nc12. The fourth-order valence-electron chi connectivity index (χ4n) is 4.70. The van der Waals surface area contributed by atoms with Gasteiger partial charge in [-0.1, -0.05) is 29.8 Å². The fraction of sp³-hybridized carbons (Fsp3) is 0.261. The number of anilines is 1. The number of hydrogen-bond donors (Lipinski definition) is 1. The lowest BCUT2D eigenvalue weighted by Gasteiger charge is -2.26. The van der Waals surface area contributed by atoms with Crippen molar-refractivity contribution in [1.29, 1.82) is 0 Å². The lowest BCUT2D eigenvalue weighted by atomic mass is 9.88. The van der Waals surface area contributed by atoms with Crippen LogP contribution in [0.3, 0.4) is 0 Å². The Kier molecular flexibility index (Phi) is 3.59. The van der Waals surface area contributed by atoms with Gasteiger partial charge in [0, 0.05) is 30.1 Å². The highest BCUT2D eigenvalue weighted by Crippen LogP contribution is 2.42. The Morgan fingerprint density at radius 3 is 2.97 bits per heavy atom. The molecule has 6 heteroatoms. The summed E-state index contributed by atoms with van der Waals surface area (Å²) in [5, 5.41) is 12.7. The predicted octanol–water partition coefficient (Wildman–Crippen LogP) is 4.20. The van der Waals surface area contributed by atoms with Gasteiger partial charge in [-0.05, 0) is 55.4 Å². The monoisotopic (exact) mass is 382 g/mol. The van der Waals surface area contributed by atoms with E-state index >= 15 is 0 Å². The zero-order chi connectivity index (χ0) is 19.4. The van der Waals surface area contributed by atoms with Crippen LogP contribution < -0.4 is 5.32 Å². The number of aryl methyl sites for hydroxylation is 1. The van der Waals surface area contributed by atoms with E-state index in [1.807, 2.05) is 36.0 Å². The van der Waals surface area contributed by atoms with Crippen molar-refractivity contribution < 1.29 is 0 Å². The highest BCUT2D eigenvalue weighted by molar-refractivity contribution is 5.77. The quantitative estimate of drug-likeness (QED) is 0.577. The summed E-state index contributed by atoms with van der Waals surface area (Å²) in [6.45, 7) is 2.04. The minimum absolute atomic E-state index is 0.375. The van der Waals surface area contributed by atoms with Crippen molar-refractivity contribution in [3.8, 4) is 5.82 Å². The molecule has 0 amide bonds. The highest BCUT2D eigenvalue weighted by atomic mass is 15.3. The topological polar surface area (TPSA) is 60.0 Å². The van der Waals surface area contributed by atoms with E-state index < -0.39 is 0 Å². The van der Waals surface area contributed by atoms with E-state index in [1.165, 1.54) is 11.1 Å². The standard InChI is InChI=1S/C23H22N6/c1-15-14-25-29-22(13-21(27-23(15)29)28-10-4-9-24-28)26-18-8-7-17-11-16-5-2-3-6-19(16)20(17)12-18/h2-6,9-10,13-14,18,26H,7-8,11-12H2,1H3. The van der Waals surface area contributed by atoms with Crippen LogP contribution in [0, 0.1) is 6.92 Å².